The van der Waals surface area contributed by atoms with Crippen LogP contribution in [0.2, 0.25) is 5.02 Å². The van der Waals surface area contributed by atoms with Crippen molar-refractivity contribution in [1.29, 1.82) is 0 Å². The zero-order chi connectivity index (χ0) is 14.4. The van der Waals surface area contributed by atoms with Gasteiger partial charge in [-0.1, -0.05) is 24.6 Å². The van der Waals surface area contributed by atoms with Gasteiger partial charge in [-0.05, 0) is 44.5 Å². The standard InChI is InChI=1S/C15H21ClN2O2/c1-2-10-20-15-12(16)6-5-7-13(15)17-14(19)11-18-8-3-4-9-18/h5-7H,2-4,8-11H2,1H3,(H,17,19). The monoisotopic (exact) mass is 296 g/mol. The molecule has 0 atom stereocenters. The van der Waals surface area contributed by atoms with E-state index in [2.05, 4.69) is 10.2 Å². The molecule has 1 fully saturated rings. The number of hydrogen-bond acceptors (Lipinski definition) is 3. The molecule has 1 aromatic carbocycles. The zero-order valence-corrected chi connectivity index (χ0v) is 12.6. The molecule has 1 aliphatic heterocycles. The summed E-state index contributed by atoms with van der Waals surface area (Å²) in [4.78, 5) is 14.2. The highest BCUT2D eigenvalue weighted by atomic mass is 35.5. The number of likely N-dealkylation sites (tertiary alicyclic amines) is 1. The van der Waals surface area contributed by atoms with Crippen molar-refractivity contribution in [2.24, 2.45) is 0 Å². The van der Waals surface area contributed by atoms with E-state index in [1.807, 2.05) is 19.1 Å². The van der Waals surface area contributed by atoms with Gasteiger partial charge in [0.05, 0.1) is 23.9 Å². The largest absolute Gasteiger partial charge is 0.490 e. The lowest BCUT2D eigenvalue weighted by Gasteiger charge is -2.16. The molecule has 1 heterocycles. The molecule has 0 bridgehead atoms. The number of nitrogens with zero attached hydrogens (tertiary/aromatic N) is 1. The van der Waals surface area contributed by atoms with E-state index in [1.165, 1.54) is 12.8 Å². The maximum Gasteiger partial charge on any atom is 0.238 e. The Bertz CT molecular complexity index is 459. The van der Waals surface area contributed by atoms with E-state index >= 15 is 0 Å². The summed E-state index contributed by atoms with van der Waals surface area (Å²) in [5, 5.41) is 3.42. The summed E-state index contributed by atoms with van der Waals surface area (Å²) in [6.07, 6.45) is 3.25. The van der Waals surface area contributed by atoms with Crippen LogP contribution in [0.4, 0.5) is 5.69 Å². The van der Waals surface area contributed by atoms with Gasteiger partial charge in [0, 0.05) is 0 Å². The molecule has 0 unspecified atom stereocenters. The smallest absolute Gasteiger partial charge is 0.238 e. The Labute approximate surface area is 125 Å². The van der Waals surface area contributed by atoms with Gasteiger partial charge < -0.3 is 10.1 Å². The molecule has 5 heteroatoms. The average Bonchev–Trinajstić information content (AvgIpc) is 2.91. The topological polar surface area (TPSA) is 41.6 Å². The molecule has 0 aliphatic carbocycles. The van der Waals surface area contributed by atoms with Crippen LogP contribution >= 0.6 is 11.6 Å². The molecule has 20 heavy (non-hydrogen) atoms. The summed E-state index contributed by atoms with van der Waals surface area (Å²) < 4.78 is 5.63. The van der Waals surface area contributed by atoms with Crippen LogP contribution < -0.4 is 10.1 Å². The first-order valence-electron chi connectivity index (χ1n) is 7.14. The quantitative estimate of drug-likeness (QED) is 0.877. The van der Waals surface area contributed by atoms with Gasteiger partial charge in [0.15, 0.2) is 5.75 Å². The van der Waals surface area contributed by atoms with Crippen molar-refractivity contribution in [1.82, 2.24) is 4.90 Å². The molecule has 1 saturated heterocycles. The lowest BCUT2D eigenvalue weighted by Crippen LogP contribution is -2.31. The van der Waals surface area contributed by atoms with Crippen LogP contribution in [0.1, 0.15) is 26.2 Å². The van der Waals surface area contributed by atoms with Gasteiger partial charge in [0.25, 0.3) is 0 Å². The van der Waals surface area contributed by atoms with E-state index in [9.17, 15) is 4.79 Å². The van der Waals surface area contributed by atoms with Crippen molar-refractivity contribution in [2.45, 2.75) is 26.2 Å². The third kappa shape index (κ3) is 4.12. The fourth-order valence-corrected chi connectivity index (χ4v) is 2.52. The van der Waals surface area contributed by atoms with Crippen LogP contribution in [-0.4, -0.2) is 37.0 Å². The van der Waals surface area contributed by atoms with Gasteiger partial charge in [-0.25, -0.2) is 0 Å². The number of rotatable bonds is 6. The summed E-state index contributed by atoms with van der Waals surface area (Å²) in [6.45, 7) is 5.05. The van der Waals surface area contributed by atoms with Crippen LogP contribution in [0.25, 0.3) is 0 Å². The number of amides is 1. The highest BCUT2D eigenvalue weighted by Crippen LogP contribution is 2.33. The fourth-order valence-electron chi connectivity index (χ4n) is 2.29. The highest BCUT2D eigenvalue weighted by Gasteiger charge is 2.17. The van der Waals surface area contributed by atoms with Gasteiger partial charge in [-0.15, -0.1) is 0 Å². The van der Waals surface area contributed by atoms with Crippen molar-refractivity contribution >= 4 is 23.2 Å². The van der Waals surface area contributed by atoms with E-state index in [1.54, 1.807) is 6.07 Å². The molecule has 1 amide bonds. The lowest BCUT2D eigenvalue weighted by molar-refractivity contribution is -0.117. The number of carbonyl (C=O) groups is 1. The molecule has 0 saturated carbocycles. The second kappa shape index (κ2) is 7.50. The minimum absolute atomic E-state index is 0.0180. The molecule has 0 aromatic heterocycles. The Balaban J connectivity index is 2.00. The molecular formula is C15H21ClN2O2. The van der Waals surface area contributed by atoms with E-state index in [0.29, 0.717) is 29.6 Å². The minimum Gasteiger partial charge on any atom is -0.490 e. The number of benzene rings is 1. The van der Waals surface area contributed by atoms with Gasteiger partial charge >= 0.3 is 0 Å². The van der Waals surface area contributed by atoms with Gasteiger partial charge in [0.1, 0.15) is 0 Å². The van der Waals surface area contributed by atoms with Crippen LogP contribution in [0, 0.1) is 0 Å². The maximum absolute atomic E-state index is 12.1. The number of nitrogens with one attached hydrogen (secondary N) is 1. The summed E-state index contributed by atoms with van der Waals surface area (Å²) in [5.41, 5.74) is 0.648. The first kappa shape index (κ1) is 15.1. The molecule has 0 radical (unpaired) electrons. The second-order valence-electron chi connectivity index (χ2n) is 5.00. The minimum atomic E-state index is -0.0180. The molecule has 1 aromatic rings. The van der Waals surface area contributed by atoms with Crippen molar-refractivity contribution < 1.29 is 9.53 Å². The summed E-state index contributed by atoms with van der Waals surface area (Å²) in [7, 11) is 0. The van der Waals surface area contributed by atoms with Crippen molar-refractivity contribution in [3.8, 4) is 5.75 Å². The summed E-state index contributed by atoms with van der Waals surface area (Å²) in [5.74, 6) is 0.543. The van der Waals surface area contributed by atoms with Crippen molar-refractivity contribution in [3.63, 3.8) is 0 Å². The molecule has 110 valence electrons. The molecule has 4 nitrogen and oxygen atoms in total. The van der Waals surface area contributed by atoms with E-state index in [0.717, 1.165) is 19.5 Å². The molecule has 1 N–H and O–H groups in total. The maximum atomic E-state index is 12.1. The number of para-hydroxylation sites is 1. The number of carbonyl (C=O) groups excluding carboxylic acids is 1. The first-order valence-corrected chi connectivity index (χ1v) is 7.52. The molecular weight excluding hydrogens is 276 g/mol. The predicted molar refractivity (Wildman–Crippen MR) is 81.5 cm³/mol. The Hall–Kier alpha value is -1.26. The van der Waals surface area contributed by atoms with Crippen molar-refractivity contribution in [2.75, 3.05) is 31.6 Å². The van der Waals surface area contributed by atoms with Gasteiger partial charge in [-0.3, -0.25) is 9.69 Å². The summed E-state index contributed by atoms with van der Waals surface area (Å²) >= 11 is 6.13. The Kier molecular flexibility index (Phi) is 5.68. The fraction of sp³-hybridized carbons (Fsp3) is 0.533. The lowest BCUT2D eigenvalue weighted by atomic mass is 10.3. The Morgan fingerprint density at radius 1 is 1.40 bits per heavy atom. The highest BCUT2D eigenvalue weighted by molar-refractivity contribution is 6.32. The SMILES string of the molecule is CCCOc1c(Cl)cccc1NC(=O)CN1CCCC1. The molecule has 2 rings (SSSR count). The first-order chi connectivity index (χ1) is 9.70. The van der Waals surface area contributed by atoms with Crippen LogP contribution in [0.3, 0.4) is 0 Å². The summed E-state index contributed by atoms with van der Waals surface area (Å²) in [6, 6.07) is 5.40. The van der Waals surface area contributed by atoms with Gasteiger partial charge in [-0.2, -0.15) is 0 Å². The van der Waals surface area contributed by atoms with E-state index < -0.39 is 0 Å². The number of hydrogen-bond donors (Lipinski definition) is 1. The zero-order valence-electron chi connectivity index (χ0n) is 11.8. The average molecular weight is 297 g/mol. The second-order valence-corrected chi connectivity index (χ2v) is 5.40. The Morgan fingerprint density at radius 3 is 2.85 bits per heavy atom. The van der Waals surface area contributed by atoms with Crippen LogP contribution in [0.5, 0.6) is 5.75 Å². The number of halogens is 1. The van der Waals surface area contributed by atoms with Gasteiger partial charge in [0.2, 0.25) is 5.91 Å². The number of ether oxygens (including phenoxy) is 1. The van der Waals surface area contributed by atoms with Crippen LogP contribution in [0.15, 0.2) is 18.2 Å². The van der Waals surface area contributed by atoms with E-state index in [-0.39, 0.29) is 5.91 Å². The van der Waals surface area contributed by atoms with E-state index in [4.69, 9.17) is 16.3 Å². The molecule has 1 aliphatic rings. The Morgan fingerprint density at radius 2 is 2.15 bits per heavy atom. The van der Waals surface area contributed by atoms with Crippen molar-refractivity contribution in [3.05, 3.63) is 23.2 Å². The molecule has 0 spiro atoms. The predicted octanol–water partition coefficient (Wildman–Crippen LogP) is 3.16. The van der Waals surface area contributed by atoms with Crippen LogP contribution in [-0.2, 0) is 4.79 Å². The third-order valence-electron chi connectivity index (χ3n) is 3.26. The third-order valence-corrected chi connectivity index (χ3v) is 3.56. The number of anilines is 1. The normalized spacial score (nSPS) is 15.3.